The number of carbonyl (C=O) groups is 2. The summed E-state index contributed by atoms with van der Waals surface area (Å²) in [6, 6.07) is 14.6. The van der Waals surface area contributed by atoms with Crippen LogP contribution in [0.3, 0.4) is 0 Å². The number of fused-ring (bicyclic) bond motifs is 1. The number of hydrogen-bond acceptors (Lipinski definition) is 5. The first-order valence-electron chi connectivity index (χ1n) is 12.9. The second-order valence-corrected chi connectivity index (χ2v) is 11.4. The van der Waals surface area contributed by atoms with E-state index in [-0.39, 0.29) is 11.8 Å². The van der Waals surface area contributed by atoms with Gasteiger partial charge in [0, 0.05) is 50.4 Å². The van der Waals surface area contributed by atoms with Gasteiger partial charge in [-0.1, -0.05) is 26.0 Å². The number of H-pyrrole nitrogens is 1. The molecular formula is C30H32N4O2S2. The summed E-state index contributed by atoms with van der Waals surface area (Å²) in [5.41, 5.74) is 6.39. The van der Waals surface area contributed by atoms with Gasteiger partial charge in [0.2, 0.25) is 0 Å². The van der Waals surface area contributed by atoms with Crippen molar-refractivity contribution >= 4 is 51.8 Å². The van der Waals surface area contributed by atoms with Gasteiger partial charge in [0.1, 0.15) is 0 Å². The third-order valence-electron chi connectivity index (χ3n) is 7.06. The van der Waals surface area contributed by atoms with E-state index < -0.39 is 0 Å². The molecule has 3 N–H and O–H groups in total. The highest BCUT2D eigenvalue weighted by Crippen LogP contribution is 2.40. The molecule has 0 radical (unpaired) electrons. The normalized spacial score (nSPS) is 13.8. The monoisotopic (exact) mass is 544 g/mol. The maximum Gasteiger partial charge on any atom is 0.256 e. The Balaban J connectivity index is 1.41. The van der Waals surface area contributed by atoms with Crippen LogP contribution in [-0.2, 0) is 4.79 Å². The molecule has 0 spiro atoms. The maximum absolute atomic E-state index is 13.0. The smallest absolute Gasteiger partial charge is 0.256 e. The van der Waals surface area contributed by atoms with Crippen LogP contribution in [0.25, 0.3) is 31.8 Å². The molecule has 1 aliphatic heterocycles. The van der Waals surface area contributed by atoms with Crippen molar-refractivity contribution < 1.29 is 9.59 Å². The van der Waals surface area contributed by atoms with Crippen LogP contribution >= 0.6 is 22.7 Å². The first-order valence-corrected chi connectivity index (χ1v) is 14.6. The number of anilines is 1. The zero-order chi connectivity index (χ0) is 26.8. The summed E-state index contributed by atoms with van der Waals surface area (Å²) in [6.45, 7) is 11.4. The zero-order valence-corrected chi connectivity index (χ0v) is 23.7. The molecule has 196 valence electrons. The van der Waals surface area contributed by atoms with Crippen molar-refractivity contribution in [1.82, 2.24) is 15.2 Å². The summed E-state index contributed by atoms with van der Waals surface area (Å²) in [5.74, 6) is -0.231. The van der Waals surface area contributed by atoms with E-state index in [1.54, 1.807) is 22.7 Å². The molecule has 0 bridgehead atoms. The Morgan fingerprint density at radius 3 is 2.58 bits per heavy atom. The van der Waals surface area contributed by atoms with E-state index in [2.05, 4.69) is 76.1 Å². The maximum atomic E-state index is 13.0. The number of amides is 2. The van der Waals surface area contributed by atoms with Gasteiger partial charge in [-0.3, -0.25) is 9.59 Å². The van der Waals surface area contributed by atoms with Gasteiger partial charge >= 0.3 is 0 Å². The van der Waals surface area contributed by atoms with Crippen molar-refractivity contribution in [1.29, 1.82) is 0 Å². The summed E-state index contributed by atoms with van der Waals surface area (Å²) in [4.78, 5) is 35.2. The van der Waals surface area contributed by atoms with E-state index >= 15 is 0 Å². The Bertz CT molecular complexity index is 1510. The Hall–Kier alpha value is -3.46. The van der Waals surface area contributed by atoms with Crippen molar-refractivity contribution in [3.05, 3.63) is 75.9 Å². The lowest BCUT2D eigenvalue weighted by Crippen LogP contribution is -2.35. The van der Waals surface area contributed by atoms with Gasteiger partial charge in [0.15, 0.2) is 0 Å². The molecule has 3 aromatic heterocycles. The lowest BCUT2D eigenvalue weighted by Gasteiger charge is -2.18. The number of aryl methyl sites for hydroxylation is 1. The molecule has 0 unspecified atom stereocenters. The molecule has 4 aromatic rings. The van der Waals surface area contributed by atoms with E-state index in [0.717, 1.165) is 58.3 Å². The molecule has 1 aliphatic rings. The molecule has 5 rings (SSSR count). The molecular weight excluding hydrogens is 512 g/mol. The van der Waals surface area contributed by atoms with Gasteiger partial charge in [-0.2, -0.15) is 0 Å². The SMILES string of the molecule is CCN(CC)CCNC(=O)c1c(C)[nH]c(/C=C2\C(=O)Nc3ccc(-c4ccc(-c5cccs5)s4)cc32)c1C. The van der Waals surface area contributed by atoms with Gasteiger partial charge in [0.25, 0.3) is 11.8 Å². The van der Waals surface area contributed by atoms with Crippen LogP contribution in [0.2, 0.25) is 0 Å². The van der Waals surface area contributed by atoms with E-state index in [4.69, 9.17) is 0 Å². The Morgan fingerprint density at radius 1 is 1.05 bits per heavy atom. The molecule has 0 saturated carbocycles. The number of carbonyl (C=O) groups excluding carboxylic acids is 2. The fourth-order valence-electron chi connectivity index (χ4n) is 4.89. The molecule has 0 saturated heterocycles. The van der Waals surface area contributed by atoms with E-state index in [0.29, 0.717) is 17.7 Å². The zero-order valence-electron chi connectivity index (χ0n) is 22.1. The van der Waals surface area contributed by atoms with Crippen LogP contribution in [0.15, 0.2) is 47.8 Å². The highest BCUT2D eigenvalue weighted by molar-refractivity contribution is 7.23. The summed E-state index contributed by atoms with van der Waals surface area (Å²) in [7, 11) is 0. The number of aromatic amines is 1. The lowest BCUT2D eigenvalue weighted by molar-refractivity contribution is -0.110. The molecule has 4 heterocycles. The minimum Gasteiger partial charge on any atom is -0.358 e. The second kappa shape index (κ2) is 11.1. The third kappa shape index (κ3) is 5.12. The minimum atomic E-state index is -0.139. The Kier molecular flexibility index (Phi) is 7.65. The number of nitrogens with zero attached hydrogens (tertiary/aromatic N) is 1. The standard InChI is InChI=1S/C30H32N4O2S2/c1-5-34(6-2)14-13-31-30(36)28-18(3)24(32-19(28)4)17-22-21-16-20(9-10-23(21)33-29(22)35)25-11-12-27(38-25)26-8-7-15-37-26/h7-12,15-17,32H,5-6,13-14H2,1-4H3,(H,31,36)(H,33,35)/b22-17-. The number of hydrogen-bond donors (Lipinski definition) is 3. The van der Waals surface area contributed by atoms with Gasteiger partial charge in [-0.15, -0.1) is 22.7 Å². The van der Waals surface area contributed by atoms with Crippen LogP contribution in [-0.4, -0.2) is 47.9 Å². The van der Waals surface area contributed by atoms with Crippen LogP contribution in [0, 0.1) is 13.8 Å². The number of benzene rings is 1. The fourth-order valence-corrected chi connectivity index (χ4v) is 6.72. The van der Waals surface area contributed by atoms with Crippen molar-refractivity contribution in [2.45, 2.75) is 27.7 Å². The van der Waals surface area contributed by atoms with E-state index in [9.17, 15) is 9.59 Å². The highest BCUT2D eigenvalue weighted by atomic mass is 32.1. The van der Waals surface area contributed by atoms with Crippen LogP contribution in [0.5, 0.6) is 0 Å². The largest absolute Gasteiger partial charge is 0.358 e. The van der Waals surface area contributed by atoms with Crippen molar-refractivity contribution in [3.8, 4) is 20.2 Å². The van der Waals surface area contributed by atoms with Gasteiger partial charge in [0.05, 0.1) is 11.1 Å². The van der Waals surface area contributed by atoms with Gasteiger partial charge < -0.3 is 20.5 Å². The second-order valence-electron chi connectivity index (χ2n) is 9.36. The number of rotatable bonds is 9. The topological polar surface area (TPSA) is 77.2 Å². The predicted molar refractivity (Wildman–Crippen MR) is 160 cm³/mol. The number of aromatic nitrogens is 1. The minimum absolute atomic E-state index is 0.0918. The third-order valence-corrected chi connectivity index (χ3v) is 9.26. The number of thiophene rings is 2. The number of nitrogens with one attached hydrogen (secondary N) is 3. The molecule has 38 heavy (non-hydrogen) atoms. The first kappa shape index (κ1) is 26.2. The van der Waals surface area contributed by atoms with Crippen LogP contribution in [0.4, 0.5) is 5.69 Å². The Labute approximate surface area is 231 Å². The lowest BCUT2D eigenvalue weighted by atomic mass is 10.0. The molecule has 6 nitrogen and oxygen atoms in total. The molecule has 8 heteroatoms. The predicted octanol–water partition coefficient (Wildman–Crippen LogP) is 6.65. The molecule has 0 fully saturated rings. The average Bonchev–Trinajstić information content (AvgIpc) is 3.70. The van der Waals surface area contributed by atoms with E-state index in [1.807, 2.05) is 26.0 Å². The van der Waals surface area contributed by atoms with Crippen LogP contribution < -0.4 is 10.6 Å². The van der Waals surface area contributed by atoms with Gasteiger partial charge in [-0.05, 0) is 79.9 Å². The molecule has 0 aliphatic carbocycles. The summed E-state index contributed by atoms with van der Waals surface area (Å²) in [6.07, 6.45) is 1.87. The molecule has 1 aromatic carbocycles. The van der Waals surface area contributed by atoms with Crippen LogP contribution in [0.1, 0.15) is 46.7 Å². The Morgan fingerprint density at radius 2 is 1.84 bits per heavy atom. The quantitative estimate of drug-likeness (QED) is 0.206. The molecule has 0 atom stereocenters. The molecule has 2 amide bonds. The highest BCUT2D eigenvalue weighted by Gasteiger charge is 2.26. The summed E-state index contributed by atoms with van der Waals surface area (Å²) < 4.78 is 0. The number of likely N-dealkylation sites (N-methyl/N-ethyl adjacent to an activating group) is 1. The van der Waals surface area contributed by atoms with Crippen molar-refractivity contribution in [2.24, 2.45) is 0 Å². The summed E-state index contributed by atoms with van der Waals surface area (Å²) in [5, 5.41) is 8.12. The van der Waals surface area contributed by atoms with Crippen molar-refractivity contribution in [3.63, 3.8) is 0 Å². The summed E-state index contributed by atoms with van der Waals surface area (Å²) >= 11 is 3.48. The van der Waals surface area contributed by atoms with Crippen molar-refractivity contribution in [2.75, 3.05) is 31.5 Å². The first-order chi connectivity index (χ1) is 18.4. The van der Waals surface area contributed by atoms with Gasteiger partial charge in [-0.25, -0.2) is 0 Å². The fraction of sp³-hybridized carbons (Fsp3) is 0.267. The van der Waals surface area contributed by atoms with E-state index in [1.165, 1.54) is 9.75 Å². The average molecular weight is 545 g/mol.